The van der Waals surface area contributed by atoms with Crippen LogP contribution in [0.15, 0.2) is 12.4 Å². The van der Waals surface area contributed by atoms with Crippen LogP contribution < -0.4 is 10.6 Å². The molecular formula is C12H20N4O. The van der Waals surface area contributed by atoms with Crippen LogP contribution in [0.1, 0.15) is 25.6 Å². The maximum absolute atomic E-state index is 12.0. The third-order valence-electron chi connectivity index (χ3n) is 3.39. The first kappa shape index (κ1) is 12.1. The Hall–Kier alpha value is -1.36. The van der Waals surface area contributed by atoms with Crippen molar-refractivity contribution in [3.63, 3.8) is 0 Å². The zero-order valence-corrected chi connectivity index (χ0v) is 10.4. The van der Waals surface area contributed by atoms with Gasteiger partial charge in [-0.3, -0.25) is 4.79 Å². The SMILES string of the molecule is CC1CCCNC1C(=O)NCc1nccn1C. The Morgan fingerprint density at radius 3 is 3.18 bits per heavy atom. The molecule has 0 spiro atoms. The second-order valence-electron chi connectivity index (χ2n) is 4.72. The molecule has 2 atom stereocenters. The maximum Gasteiger partial charge on any atom is 0.237 e. The van der Waals surface area contributed by atoms with E-state index in [0.717, 1.165) is 25.2 Å². The van der Waals surface area contributed by atoms with Crippen LogP contribution in [0.3, 0.4) is 0 Å². The van der Waals surface area contributed by atoms with Crippen LogP contribution in [0.4, 0.5) is 0 Å². The van der Waals surface area contributed by atoms with Crippen molar-refractivity contribution in [2.75, 3.05) is 6.54 Å². The first-order valence-corrected chi connectivity index (χ1v) is 6.16. The van der Waals surface area contributed by atoms with E-state index in [4.69, 9.17) is 0 Å². The number of hydrogen-bond donors (Lipinski definition) is 2. The van der Waals surface area contributed by atoms with Gasteiger partial charge in [0, 0.05) is 19.4 Å². The second-order valence-corrected chi connectivity index (χ2v) is 4.72. The number of amides is 1. The van der Waals surface area contributed by atoms with Gasteiger partial charge in [0.05, 0.1) is 12.6 Å². The summed E-state index contributed by atoms with van der Waals surface area (Å²) >= 11 is 0. The summed E-state index contributed by atoms with van der Waals surface area (Å²) in [5, 5.41) is 6.22. The number of rotatable bonds is 3. The highest BCUT2D eigenvalue weighted by molar-refractivity contribution is 5.82. The molecule has 1 fully saturated rings. The first-order valence-electron chi connectivity index (χ1n) is 6.16. The molecule has 5 heteroatoms. The second kappa shape index (κ2) is 5.31. The van der Waals surface area contributed by atoms with Crippen LogP contribution in [0, 0.1) is 5.92 Å². The van der Waals surface area contributed by atoms with Crippen molar-refractivity contribution in [3.05, 3.63) is 18.2 Å². The fourth-order valence-corrected chi connectivity index (χ4v) is 2.24. The van der Waals surface area contributed by atoms with Crippen LogP contribution in [0.2, 0.25) is 0 Å². The fourth-order valence-electron chi connectivity index (χ4n) is 2.24. The van der Waals surface area contributed by atoms with Gasteiger partial charge in [-0.1, -0.05) is 6.92 Å². The molecule has 2 heterocycles. The van der Waals surface area contributed by atoms with E-state index < -0.39 is 0 Å². The van der Waals surface area contributed by atoms with Crippen LogP contribution in [0.5, 0.6) is 0 Å². The van der Waals surface area contributed by atoms with Crippen molar-refractivity contribution in [3.8, 4) is 0 Å². The van der Waals surface area contributed by atoms with Gasteiger partial charge in [0.25, 0.3) is 0 Å². The van der Waals surface area contributed by atoms with Gasteiger partial charge < -0.3 is 15.2 Å². The molecule has 0 aromatic carbocycles. The largest absolute Gasteiger partial charge is 0.348 e. The zero-order valence-electron chi connectivity index (χ0n) is 10.4. The highest BCUT2D eigenvalue weighted by Gasteiger charge is 2.27. The molecule has 1 saturated heterocycles. The molecule has 1 amide bonds. The van der Waals surface area contributed by atoms with Crippen LogP contribution in [-0.4, -0.2) is 28.0 Å². The van der Waals surface area contributed by atoms with Gasteiger partial charge in [-0.05, 0) is 25.3 Å². The molecule has 0 radical (unpaired) electrons. The number of carbonyl (C=O) groups is 1. The van der Waals surface area contributed by atoms with Crippen molar-refractivity contribution < 1.29 is 4.79 Å². The molecule has 1 aliphatic rings. The van der Waals surface area contributed by atoms with Crippen molar-refractivity contribution in [1.29, 1.82) is 0 Å². The highest BCUT2D eigenvalue weighted by Crippen LogP contribution is 2.15. The summed E-state index contributed by atoms with van der Waals surface area (Å²) < 4.78 is 1.91. The minimum atomic E-state index is -0.0518. The van der Waals surface area contributed by atoms with Crippen molar-refractivity contribution >= 4 is 5.91 Å². The quantitative estimate of drug-likeness (QED) is 0.800. The van der Waals surface area contributed by atoms with Crippen LogP contribution in [0.25, 0.3) is 0 Å². The molecule has 0 aliphatic carbocycles. The van der Waals surface area contributed by atoms with Crippen LogP contribution >= 0.6 is 0 Å². The smallest absolute Gasteiger partial charge is 0.237 e. The third kappa shape index (κ3) is 2.85. The molecule has 1 aromatic heterocycles. The number of nitrogens with one attached hydrogen (secondary N) is 2. The normalized spacial score (nSPS) is 24.6. The molecule has 5 nitrogen and oxygen atoms in total. The maximum atomic E-state index is 12.0. The van der Waals surface area contributed by atoms with E-state index in [1.54, 1.807) is 6.20 Å². The van der Waals surface area contributed by atoms with Gasteiger partial charge in [-0.2, -0.15) is 0 Å². The molecule has 2 rings (SSSR count). The summed E-state index contributed by atoms with van der Waals surface area (Å²) in [7, 11) is 1.93. The van der Waals surface area contributed by atoms with Crippen molar-refractivity contribution in [1.82, 2.24) is 20.2 Å². The average Bonchev–Trinajstić information content (AvgIpc) is 2.72. The number of aryl methyl sites for hydroxylation is 1. The molecule has 2 N–H and O–H groups in total. The Morgan fingerprint density at radius 2 is 2.53 bits per heavy atom. The number of carbonyl (C=O) groups excluding carboxylic acids is 1. The Kier molecular flexibility index (Phi) is 3.78. The van der Waals surface area contributed by atoms with Crippen LogP contribution in [-0.2, 0) is 18.4 Å². The van der Waals surface area contributed by atoms with Gasteiger partial charge >= 0.3 is 0 Å². The van der Waals surface area contributed by atoms with Crippen molar-refractivity contribution in [2.45, 2.75) is 32.4 Å². The number of imidazole rings is 1. The van der Waals surface area contributed by atoms with Crippen molar-refractivity contribution in [2.24, 2.45) is 13.0 Å². The lowest BCUT2D eigenvalue weighted by Gasteiger charge is -2.28. The topological polar surface area (TPSA) is 59.0 Å². The van der Waals surface area contributed by atoms with E-state index in [2.05, 4.69) is 22.5 Å². The predicted octanol–water partition coefficient (Wildman–Crippen LogP) is 0.424. The lowest BCUT2D eigenvalue weighted by molar-refractivity contribution is -0.125. The monoisotopic (exact) mass is 236 g/mol. The van der Waals surface area contributed by atoms with E-state index in [1.807, 2.05) is 17.8 Å². The zero-order chi connectivity index (χ0) is 12.3. The molecule has 1 aromatic rings. The molecule has 94 valence electrons. The lowest BCUT2D eigenvalue weighted by Crippen LogP contribution is -2.50. The summed E-state index contributed by atoms with van der Waals surface area (Å²) in [5.41, 5.74) is 0. The number of hydrogen-bond acceptors (Lipinski definition) is 3. The summed E-state index contributed by atoms with van der Waals surface area (Å²) in [5.74, 6) is 1.37. The lowest BCUT2D eigenvalue weighted by atomic mass is 9.92. The standard InChI is InChI=1S/C12H20N4O/c1-9-4-3-5-14-11(9)12(17)15-8-10-13-6-7-16(10)2/h6-7,9,11,14H,3-5,8H2,1-2H3,(H,15,17). The molecule has 2 unspecified atom stereocenters. The predicted molar refractivity (Wildman–Crippen MR) is 65.2 cm³/mol. The highest BCUT2D eigenvalue weighted by atomic mass is 16.2. The number of aromatic nitrogens is 2. The number of nitrogens with zero attached hydrogens (tertiary/aromatic N) is 2. The van der Waals surface area contributed by atoms with Gasteiger partial charge in [0.2, 0.25) is 5.91 Å². The minimum Gasteiger partial charge on any atom is -0.348 e. The molecular weight excluding hydrogens is 216 g/mol. The first-order chi connectivity index (χ1) is 8.18. The van der Waals surface area contributed by atoms with E-state index >= 15 is 0 Å². The van der Waals surface area contributed by atoms with E-state index in [1.165, 1.54) is 0 Å². The Morgan fingerprint density at radius 1 is 1.71 bits per heavy atom. The molecule has 0 saturated carbocycles. The summed E-state index contributed by atoms with van der Waals surface area (Å²) in [6, 6.07) is -0.0518. The molecule has 1 aliphatic heterocycles. The van der Waals surface area contributed by atoms with Gasteiger partial charge in [0.1, 0.15) is 5.82 Å². The minimum absolute atomic E-state index is 0.0518. The Bertz CT molecular complexity index is 388. The Balaban J connectivity index is 1.86. The summed E-state index contributed by atoms with van der Waals surface area (Å²) in [4.78, 5) is 16.2. The summed E-state index contributed by atoms with van der Waals surface area (Å²) in [6.07, 6.45) is 5.89. The fraction of sp³-hybridized carbons (Fsp3) is 0.667. The van der Waals surface area contributed by atoms with E-state index in [-0.39, 0.29) is 11.9 Å². The number of piperidine rings is 1. The Labute approximate surface area is 102 Å². The third-order valence-corrected chi connectivity index (χ3v) is 3.39. The van der Waals surface area contributed by atoms with Gasteiger partial charge in [0.15, 0.2) is 0 Å². The molecule has 0 bridgehead atoms. The summed E-state index contributed by atoms with van der Waals surface area (Å²) in [6.45, 7) is 3.55. The van der Waals surface area contributed by atoms with Gasteiger partial charge in [-0.15, -0.1) is 0 Å². The van der Waals surface area contributed by atoms with Gasteiger partial charge in [-0.25, -0.2) is 4.98 Å². The average molecular weight is 236 g/mol. The molecule has 17 heavy (non-hydrogen) atoms. The van der Waals surface area contributed by atoms with E-state index in [0.29, 0.717) is 12.5 Å². The van der Waals surface area contributed by atoms with E-state index in [9.17, 15) is 4.79 Å².